The maximum atomic E-state index is 13.3. The average Bonchev–Trinajstić information content (AvgIpc) is 2.61. The molecule has 1 unspecified atom stereocenters. The summed E-state index contributed by atoms with van der Waals surface area (Å²) in [7, 11) is -3.63. The minimum absolute atomic E-state index is 0.142. The zero-order valence-electron chi connectivity index (χ0n) is 13.6. The molecule has 0 saturated carbocycles. The molecule has 0 aliphatic carbocycles. The third-order valence-corrected chi connectivity index (χ3v) is 6.09. The van der Waals surface area contributed by atoms with E-state index in [1.807, 2.05) is 17.9 Å². The van der Waals surface area contributed by atoms with Crippen LogP contribution in [0.1, 0.15) is 12.5 Å². The zero-order valence-corrected chi connectivity index (χ0v) is 14.4. The molecule has 1 fully saturated rings. The van der Waals surface area contributed by atoms with Gasteiger partial charge in [-0.2, -0.15) is 14.0 Å². The Morgan fingerprint density at radius 3 is 2.52 bits per heavy atom. The van der Waals surface area contributed by atoms with E-state index in [9.17, 15) is 12.8 Å². The molecule has 0 bridgehead atoms. The van der Waals surface area contributed by atoms with Crippen molar-refractivity contribution in [3.8, 4) is 6.07 Å². The number of hydrogen-bond acceptors (Lipinski definition) is 5. The Balaban J connectivity index is 1.78. The molecule has 1 atom stereocenters. The van der Waals surface area contributed by atoms with Gasteiger partial charge in [0.1, 0.15) is 5.82 Å². The highest BCUT2D eigenvalue weighted by atomic mass is 32.2. The number of hydrogen-bond donors (Lipinski definition) is 0. The average molecular weight is 360 g/mol. The second-order valence-electron chi connectivity index (χ2n) is 5.86. The van der Waals surface area contributed by atoms with Crippen molar-refractivity contribution in [2.75, 3.05) is 24.5 Å². The first-order chi connectivity index (χ1) is 11.9. The summed E-state index contributed by atoms with van der Waals surface area (Å²) < 4.78 is 40.3. The fourth-order valence-electron chi connectivity index (χ4n) is 2.89. The van der Waals surface area contributed by atoms with Gasteiger partial charge in [0.25, 0.3) is 0 Å². The maximum Gasteiger partial charge on any atom is 0.243 e. The van der Waals surface area contributed by atoms with Crippen LogP contribution >= 0.6 is 0 Å². The number of nitriles is 1. The van der Waals surface area contributed by atoms with E-state index < -0.39 is 16.0 Å². The number of piperazine rings is 1. The normalized spacial score (nSPS) is 18.8. The Kier molecular flexibility index (Phi) is 4.70. The molecule has 1 saturated heterocycles. The van der Waals surface area contributed by atoms with Gasteiger partial charge in [0.2, 0.25) is 16.0 Å². The van der Waals surface area contributed by atoms with Gasteiger partial charge in [-0.1, -0.05) is 6.07 Å². The minimum Gasteiger partial charge on any atom is -0.351 e. The van der Waals surface area contributed by atoms with Gasteiger partial charge in [-0.3, -0.25) is 0 Å². The molecule has 8 heteroatoms. The highest BCUT2D eigenvalue weighted by Gasteiger charge is 2.32. The highest BCUT2D eigenvalue weighted by Crippen LogP contribution is 2.23. The van der Waals surface area contributed by atoms with Crippen LogP contribution in [-0.2, 0) is 10.0 Å². The van der Waals surface area contributed by atoms with Crippen molar-refractivity contribution in [3.05, 3.63) is 54.0 Å². The van der Waals surface area contributed by atoms with E-state index in [0.717, 1.165) is 0 Å². The first kappa shape index (κ1) is 17.3. The van der Waals surface area contributed by atoms with Crippen LogP contribution in [-0.4, -0.2) is 43.4 Å². The molecule has 1 aliphatic rings. The second-order valence-corrected chi connectivity index (χ2v) is 7.80. The first-order valence-electron chi connectivity index (χ1n) is 7.81. The van der Waals surface area contributed by atoms with Gasteiger partial charge in [-0.25, -0.2) is 13.4 Å². The molecule has 1 aliphatic heterocycles. The summed E-state index contributed by atoms with van der Waals surface area (Å²) in [6, 6.07) is 12.3. The Hall–Kier alpha value is -2.50. The Morgan fingerprint density at radius 1 is 1.20 bits per heavy atom. The number of halogens is 1. The van der Waals surface area contributed by atoms with E-state index in [4.69, 9.17) is 5.26 Å². The monoisotopic (exact) mass is 360 g/mol. The molecular formula is C17H17FN4O2S. The predicted octanol–water partition coefficient (Wildman–Crippen LogP) is 1.99. The predicted molar refractivity (Wildman–Crippen MR) is 90.9 cm³/mol. The molecule has 6 nitrogen and oxygen atoms in total. The van der Waals surface area contributed by atoms with Crippen LogP contribution in [0.25, 0.3) is 0 Å². The zero-order chi connectivity index (χ0) is 18.0. The number of aromatic nitrogens is 1. The van der Waals surface area contributed by atoms with Gasteiger partial charge in [0.15, 0.2) is 0 Å². The quantitative estimate of drug-likeness (QED) is 0.783. The van der Waals surface area contributed by atoms with Crippen LogP contribution in [0.3, 0.4) is 0 Å². The summed E-state index contributed by atoms with van der Waals surface area (Å²) in [4.78, 5) is 5.93. The smallest absolute Gasteiger partial charge is 0.243 e. The molecule has 2 heterocycles. The van der Waals surface area contributed by atoms with Crippen molar-refractivity contribution < 1.29 is 12.8 Å². The van der Waals surface area contributed by atoms with Crippen LogP contribution in [0, 0.1) is 17.3 Å². The molecule has 1 aromatic carbocycles. The lowest BCUT2D eigenvalue weighted by Crippen LogP contribution is -2.53. The molecule has 1 aromatic heterocycles. The largest absolute Gasteiger partial charge is 0.351 e. The van der Waals surface area contributed by atoms with Gasteiger partial charge >= 0.3 is 0 Å². The number of nitrogens with zero attached hydrogens (tertiary/aromatic N) is 4. The van der Waals surface area contributed by atoms with Crippen LogP contribution in [0.2, 0.25) is 0 Å². The standard InChI is InChI=1S/C17H17FN4O2S/c1-13-12-21(9-10-22(13)17-4-2-3-16(18)20-17)25(23,24)15-7-5-14(11-19)6-8-15/h2-8,13H,9-10,12H2,1H3. The molecule has 0 radical (unpaired) electrons. The SMILES string of the molecule is CC1CN(S(=O)(=O)c2ccc(C#N)cc2)CCN1c1cccc(F)n1. The third kappa shape index (κ3) is 3.48. The molecule has 3 rings (SSSR count). The van der Waals surface area contributed by atoms with Crippen molar-refractivity contribution in [1.82, 2.24) is 9.29 Å². The number of benzene rings is 1. The summed E-state index contributed by atoms with van der Waals surface area (Å²) in [6.45, 7) is 2.87. The van der Waals surface area contributed by atoms with Gasteiger partial charge < -0.3 is 4.90 Å². The molecule has 0 N–H and O–H groups in total. The maximum absolute atomic E-state index is 13.3. The lowest BCUT2D eigenvalue weighted by Gasteiger charge is -2.39. The van der Waals surface area contributed by atoms with Gasteiger partial charge in [-0.15, -0.1) is 0 Å². The summed E-state index contributed by atoms with van der Waals surface area (Å²) in [5.41, 5.74) is 0.411. The molecular weight excluding hydrogens is 343 g/mol. The van der Waals surface area contributed by atoms with Crippen LogP contribution < -0.4 is 4.90 Å². The van der Waals surface area contributed by atoms with Crippen LogP contribution in [0.5, 0.6) is 0 Å². The van der Waals surface area contributed by atoms with Gasteiger partial charge in [0, 0.05) is 25.7 Å². The van der Waals surface area contributed by atoms with E-state index in [-0.39, 0.29) is 24.0 Å². The van der Waals surface area contributed by atoms with Gasteiger partial charge in [-0.05, 0) is 43.3 Å². The third-order valence-electron chi connectivity index (χ3n) is 4.21. The van der Waals surface area contributed by atoms with E-state index in [2.05, 4.69) is 4.98 Å². The van der Waals surface area contributed by atoms with Crippen molar-refractivity contribution in [3.63, 3.8) is 0 Å². The fraction of sp³-hybridized carbons (Fsp3) is 0.294. The number of pyridine rings is 1. The first-order valence-corrected chi connectivity index (χ1v) is 9.25. The fourth-order valence-corrected chi connectivity index (χ4v) is 4.40. The summed E-state index contributed by atoms with van der Waals surface area (Å²) >= 11 is 0. The lowest BCUT2D eigenvalue weighted by atomic mass is 10.2. The summed E-state index contributed by atoms with van der Waals surface area (Å²) in [6.07, 6.45) is 0. The molecule has 0 spiro atoms. The highest BCUT2D eigenvalue weighted by molar-refractivity contribution is 7.89. The van der Waals surface area contributed by atoms with Gasteiger partial charge in [0.05, 0.1) is 16.5 Å². The van der Waals surface area contributed by atoms with Crippen LogP contribution in [0.4, 0.5) is 10.2 Å². The summed E-state index contributed by atoms with van der Waals surface area (Å²) in [5.74, 6) is -0.0553. The minimum atomic E-state index is -3.63. The van der Waals surface area contributed by atoms with E-state index in [1.54, 1.807) is 12.1 Å². The Labute approximate surface area is 146 Å². The number of sulfonamides is 1. The Morgan fingerprint density at radius 2 is 1.92 bits per heavy atom. The molecule has 2 aromatic rings. The lowest BCUT2D eigenvalue weighted by molar-refractivity contribution is 0.340. The van der Waals surface area contributed by atoms with Crippen molar-refractivity contribution in [2.45, 2.75) is 17.9 Å². The van der Waals surface area contributed by atoms with Crippen molar-refractivity contribution >= 4 is 15.8 Å². The number of anilines is 1. The molecule has 25 heavy (non-hydrogen) atoms. The van der Waals surface area contributed by atoms with Crippen molar-refractivity contribution in [2.24, 2.45) is 0 Å². The van der Waals surface area contributed by atoms with E-state index >= 15 is 0 Å². The van der Waals surface area contributed by atoms with Crippen molar-refractivity contribution in [1.29, 1.82) is 5.26 Å². The second kappa shape index (κ2) is 6.78. The Bertz CT molecular complexity index is 909. The van der Waals surface area contributed by atoms with E-state index in [1.165, 1.54) is 34.6 Å². The van der Waals surface area contributed by atoms with E-state index in [0.29, 0.717) is 17.9 Å². The summed E-state index contributed by atoms with van der Waals surface area (Å²) in [5, 5.41) is 8.82. The van der Waals surface area contributed by atoms with Crippen LogP contribution in [0.15, 0.2) is 47.4 Å². The topological polar surface area (TPSA) is 77.3 Å². The molecule has 130 valence electrons. The number of rotatable bonds is 3. The molecule has 0 amide bonds.